The summed E-state index contributed by atoms with van der Waals surface area (Å²) in [5.41, 5.74) is 5.75. The SMILES string of the molecule is Cc1[nH]c2c(c1CCNCC(C)C)C=CCC2. The molecule has 0 unspecified atom stereocenters. The lowest BCUT2D eigenvalue weighted by molar-refractivity contribution is 0.554. The van der Waals surface area contributed by atoms with Gasteiger partial charge in [0.15, 0.2) is 0 Å². The van der Waals surface area contributed by atoms with Crippen LogP contribution >= 0.6 is 0 Å². The van der Waals surface area contributed by atoms with Gasteiger partial charge in [0.1, 0.15) is 0 Å². The second kappa shape index (κ2) is 5.54. The molecule has 0 aliphatic heterocycles. The highest BCUT2D eigenvalue weighted by molar-refractivity contribution is 5.60. The number of hydrogen-bond acceptors (Lipinski definition) is 1. The molecule has 1 aromatic rings. The first-order valence-corrected chi connectivity index (χ1v) is 6.76. The molecule has 0 radical (unpaired) electrons. The number of nitrogens with one attached hydrogen (secondary N) is 2. The van der Waals surface area contributed by atoms with Gasteiger partial charge in [-0.15, -0.1) is 0 Å². The van der Waals surface area contributed by atoms with Crippen molar-refractivity contribution in [3.63, 3.8) is 0 Å². The highest BCUT2D eigenvalue weighted by Crippen LogP contribution is 2.25. The van der Waals surface area contributed by atoms with E-state index in [0.717, 1.165) is 25.4 Å². The van der Waals surface area contributed by atoms with Gasteiger partial charge in [-0.1, -0.05) is 26.0 Å². The molecule has 1 aliphatic carbocycles. The molecule has 1 aromatic heterocycles. The van der Waals surface area contributed by atoms with E-state index in [-0.39, 0.29) is 0 Å². The van der Waals surface area contributed by atoms with Crippen LogP contribution in [0.5, 0.6) is 0 Å². The van der Waals surface area contributed by atoms with Gasteiger partial charge in [-0.25, -0.2) is 0 Å². The number of aromatic nitrogens is 1. The highest BCUT2D eigenvalue weighted by Gasteiger charge is 2.14. The minimum absolute atomic E-state index is 0.733. The summed E-state index contributed by atoms with van der Waals surface area (Å²) in [5, 5.41) is 3.52. The molecule has 0 atom stereocenters. The molecular weight excluding hydrogens is 208 g/mol. The number of allylic oxidation sites excluding steroid dienone is 1. The summed E-state index contributed by atoms with van der Waals surface area (Å²) in [6, 6.07) is 0. The largest absolute Gasteiger partial charge is 0.362 e. The summed E-state index contributed by atoms with van der Waals surface area (Å²) in [6.45, 7) is 8.89. The maximum Gasteiger partial charge on any atom is 0.0228 e. The summed E-state index contributed by atoms with van der Waals surface area (Å²) < 4.78 is 0. The fourth-order valence-corrected chi connectivity index (χ4v) is 2.51. The molecule has 2 heteroatoms. The molecule has 0 fully saturated rings. The van der Waals surface area contributed by atoms with E-state index >= 15 is 0 Å². The van der Waals surface area contributed by atoms with Gasteiger partial charge < -0.3 is 10.3 Å². The molecule has 2 N–H and O–H groups in total. The predicted molar refractivity (Wildman–Crippen MR) is 74.3 cm³/mol. The van der Waals surface area contributed by atoms with Crippen LogP contribution in [0.3, 0.4) is 0 Å². The Morgan fingerprint density at radius 3 is 3.00 bits per heavy atom. The van der Waals surface area contributed by atoms with Crippen LogP contribution in [0.1, 0.15) is 42.8 Å². The van der Waals surface area contributed by atoms with Gasteiger partial charge in [-0.05, 0) is 56.3 Å². The Bertz CT molecular complexity index is 399. The summed E-state index contributed by atoms with van der Waals surface area (Å²) >= 11 is 0. The minimum Gasteiger partial charge on any atom is -0.362 e. The van der Waals surface area contributed by atoms with Gasteiger partial charge in [0.2, 0.25) is 0 Å². The van der Waals surface area contributed by atoms with E-state index in [2.05, 4.69) is 43.2 Å². The lowest BCUT2D eigenvalue weighted by Crippen LogP contribution is -2.22. The average Bonchev–Trinajstić information content (AvgIpc) is 2.60. The average molecular weight is 232 g/mol. The van der Waals surface area contributed by atoms with Gasteiger partial charge in [0.05, 0.1) is 0 Å². The van der Waals surface area contributed by atoms with E-state index in [4.69, 9.17) is 0 Å². The van der Waals surface area contributed by atoms with Crippen molar-refractivity contribution in [2.24, 2.45) is 5.92 Å². The van der Waals surface area contributed by atoms with Crippen molar-refractivity contribution in [1.29, 1.82) is 0 Å². The van der Waals surface area contributed by atoms with Crippen LogP contribution < -0.4 is 5.32 Å². The summed E-state index contributed by atoms with van der Waals surface area (Å²) in [7, 11) is 0. The van der Waals surface area contributed by atoms with Crippen molar-refractivity contribution < 1.29 is 0 Å². The molecule has 0 spiro atoms. The molecule has 2 nitrogen and oxygen atoms in total. The van der Waals surface area contributed by atoms with Crippen molar-refractivity contribution >= 4 is 6.08 Å². The standard InChI is InChI=1S/C15H24N2/c1-11(2)10-16-9-8-13-12(3)17-15-7-5-4-6-14(13)15/h4,6,11,16-17H,5,7-10H2,1-3H3. The molecule has 0 bridgehead atoms. The maximum absolute atomic E-state index is 3.54. The van der Waals surface area contributed by atoms with Crippen LogP contribution in [0.4, 0.5) is 0 Å². The Balaban J connectivity index is 1.97. The van der Waals surface area contributed by atoms with Gasteiger partial charge in [0.25, 0.3) is 0 Å². The van der Waals surface area contributed by atoms with Crippen LogP contribution in [0.15, 0.2) is 6.08 Å². The fourth-order valence-electron chi connectivity index (χ4n) is 2.51. The van der Waals surface area contributed by atoms with Crippen molar-refractivity contribution in [3.8, 4) is 0 Å². The zero-order valence-corrected chi connectivity index (χ0v) is 11.3. The molecule has 0 amide bonds. The third-order valence-corrected chi connectivity index (χ3v) is 3.39. The van der Waals surface area contributed by atoms with E-state index in [1.165, 1.54) is 35.4 Å². The van der Waals surface area contributed by atoms with E-state index < -0.39 is 0 Å². The maximum atomic E-state index is 3.54. The van der Waals surface area contributed by atoms with Crippen molar-refractivity contribution in [1.82, 2.24) is 10.3 Å². The number of aryl methyl sites for hydroxylation is 2. The number of fused-ring (bicyclic) bond motifs is 1. The fraction of sp³-hybridized carbons (Fsp3) is 0.600. The van der Waals surface area contributed by atoms with Crippen LogP contribution in [0.25, 0.3) is 6.08 Å². The molecule has 0 aromatic carbocycles. The molecule has 0 saturated heterocycles. The Labute approximate surface area is 105 Å². The zero-order chi connectivity index (χ0) is 12.3. The molecule has 17 heavy (non-hydrogen) atoms. The first kappa shape index (κ1) is 12.4. The topological polar surface area (TPSA) is 27.8 Å². The first-order chi connectivity index (χ1) is 8.18. The third-order valence-electron chi connectivity index (χ3n) is 3.39. The van der Waals surface area contributed by atoms with E-state index in [9.17, 15) is 0 Å². The van der Waals surface area contributed by atoms with Crippen molar-refractivity contribution in [3.05, 3.63) is 28.6 Å². The smallest absolute Gasteiger partial charge is 0.0228 e. The Hall–Kier alpha value is -1.02. The zero-order valence-electron chi connectivity index (χ0n) is 11.3. The van der Waals surface area contributed by atoms with Crippen molar-refractivity contribution in [2.75, 3.05) is 13.1 Å². The third kappa shape index (κ3) is 3.01. The normalized spacial score (nSPS) is 14.4. The van der Waals surface area contributed by atoms with Crippen LogP contribution in [0.2, 0.25) is 0 Å². The van der Waals surface area contributed by atoms with Gasteiger partial charge in [-0.3, -0.25) is 0 Å². The van der Waals surface area contributed by atoms with Crippen molar-refractivity contribution in [2.45, 2.75) is 40.0 Å². The number of rotatable bonds is 5. The van der Waals surface area contributed by atoms with E-state index in [1.54, 1.807) is 0 Å². The Morgan fingerprint density at radius 1 is 1.41 bits per heavy atom. The summed E-state index contributed by atoms with van der Waals surface area (Å²) in [4.78, 5) is 3.54. The molecule has 2 rings (SSSR count). The number of aromatic amines is 1. The molecule has 0 saturated carbocycles. The number of H-pyrrole nitrogens is 1. The van der Waals surface area contributed by atoms with E-state index in [0.29, 0.717) is 0 Å². The highest BCUT2D eigenvalue weighted by atomic mass is 14.9. The number of hydrogen-bond donors (Lipinski definition) is 2. The summed E-state index contributed by atoms with van der Waals surface area (Å²) in [6.07, 6.45) is 8.07. The van der Waals surface area contributed by atoms with Gasteiger partial charge in [-0.2, -0.15) is 0 Å². The minimum atomic E-state index is 0.733. The van der Waals surface area contributed by atoms with Crippen LogP contribution in [-0.4, -0.2) is 18.1 Å². The summed E-state index contributed by atoms with van der Waals surface area (Å²) in [5.74, 6) is 0.733. The molecule has 94 valence electrons. The van der Waals surface area contributed by atoms with Crippen LogP contribution in [0, 0.1) is 12.8 Å². The first-order valence-electron chi connectivity index (χ1n) is 6.76. The second-order valence-corrected chi connectivity index (χ2v) is 5.41. The molecular formula is C15H24N2. The van der Waals surface area contributed by atoms with Gasteiger partial charge >= 0.3 is 0 Å². The lowest BCUT2D eigenvalue weighted by atomic mass is 9.99. The Kier molecular flexibility index (Phi) is 4.06. The van der Waals surface area contributed by atoms with Crippen LogP contribution in [-0.2, 0) is 12.8 Å². The lowest BCUT2D eigenvalue weighted by Gasteiger charge is -2.09. The van der Waals surface area contributed by atoms with Gasteiger partial charge in [0, 0.05) is 11.4 Å². The predicted octanol–water partition coefficient (Wildman–Crippen LogP) is 3.07. The molecule has 1 heterocycles. The monoisotopic (exact) mass is 232 g/mol. The Morgan fingerprint density at radius 2 is 2.24 bits per heavy atom. The molecule has 1 aliphatic rings. The van der Waals surface area contributed by atoms with E-state index in [1.807, 2.05) is 0 Å². The quantitative estimate of drug-likeness (QED) is 0.750. The second-order valence-electron chi connectivity index (χ2n) is 5.41.